The zero-order valence-corrected chi connectivity index (χ0v) is 14.5. The number of rotatable bonds is 5. The van der Waals surface area contributed by atoms with Crippen LogP contribution in [-0.4, -0.2) is 29.3 Å². The standard InChI is InChI=1S/C16H11ClFN3O4S/c17-11-6-5-10(18)9-15(11)26(24,25)20-12-3-1-2-4-14(12)21-8-7-13(19-21)16(22)23/h1-9,20H,(H,22,23). The van der Waals surface area contributed by atoms with Crippen molar-refractivity contribution in [3.63, 3.8) is 0 Å². The van der Waals surface area contributed by atoms with Gasteiger partial charge in [-0.2, -0.15) is 5.10 Å². The summed E-state index contributed by atoms with van der Waals surface area (Å²) in [6.07, 6.45) is 1.38. The number of anilines is 1. The van der Waals surface area contributed by atoms with E-state index in [2.05, 4.69) is 9.82 Å². The van der Waals surface area contributed by atoms with Crippen LogP contribution in [0.2, 0.25) is 5.02 Å². The van der Waals surface area contributed by atoms with Gasteiger partial charge in [0.05, 0.1) is 16.4 Å². The zero-order valence-electron chi connectivity index (χ0n) is 12.9. The molecule has 0 spiro atoms. The average Bonchev–Trinajstić information content (AvgIpc) is 3.07. The Bertz CT molecular complexity index is 1100. The summed E-state index contributed by atoms with van der Waals surface area (Å²) in [5.41, 5.74) is 0.208. The average molecular weight is 396 g/mol. The van der Waals surface area contributed by atoms with Crippen molar-refractivity contribution < 1.29 is 22.7 Å². The van der Waals surface area contributed by atoms with Crippen LogP contribution in [0.3, 0.4) is 0 Å². The van der Waals surface area contributed by atoms with E-state index < -0.39 is 26.7 Å². The number of nitrogens with zero attached hydrogens (tertiary/aromatic N) is 2. The molecule has 0 atom stereocenters. The lowest BCUT2D eigenvalue weighted by atomic mass is 10.3. The second kappa shape index (κ2) is 6.77. The molecule has 2 N–H and O–H groups in total. The summed E-state index contributed by atoms with van der Waals surface area (Å²) in [6, 6.07) is 10.5. The normalized spacial score (nSPS) is 11.3. The Morgan fingerprint density at radius 1 is 1.19 bits per heavy atom. The molecule has 0 aliphatic heterocycles. The molecule has 2 aromatic carbocycles. The van der Waals surface area contributed by atoms with Gasteiger partial charge in [-0.3, -0.25) is 4.72 Å². The topological polar surface area (TPSA) is 101 Å². The molecule has 1 aromatic heterocycles. The minimum absolute atomic E-state index is 0.118. The molecule has 0 radical (unpaired) electrons. The number of hydrogen-bond donors (Lipinski definition) is 2. The highest BCUT2D eigenvalue weighted by atomic mass is 35.5. The van der Waals surface area contributed by atoms with Crippen LogP contribution in [0, 0.1) is 5.82 Å². The van der Waals surface area contributed by atoms with Crippen LogP contribution in [0.5, 0.6) is 0 Å². The molecule has 0 saturated heterocycles. The molecule has 10 heteroatoms. The molecule has 0 amide bonds. The second-order valence-corrected chi connectivity index (χ2v) is 7.21. The van der Waals surface area contributed by atoms with E-state index in [-0.39, 0.29) is 22.1 Å². The van der Waals surface area contributed by atoms with Crippen molar-refractivity contribution >= 4 is 33.3 Å². The lowest BCUT2D eigenvalue weighted by Gasteiger charge is -2.13. The molecule has 134 valence electrons. The van der Waals surface area contributed by atoms with Gasteiger partial charge in [-0.25, -0.2) is 22.3 Å². The Balaban J connectivity index is 2.03. The van der Waals surface area contributed by atoms with Gasteiger partial charge in [0.1, 0.15) is 10.7 Å². The molecule has 26 heavy (non-hydrogen) atoms. The Morgan fingerprint density at radius 2 is 1.92 bits per heavy atom. The fourth-order valence-corrected chi connectivity index (χ4v) is 3.80. The predicted octanol–water partition coefficient (Wildman–Crippen LogP) is 3.16. The number of benzene rings is 2. The van der Waals surface area contributed by atoms with Crippen LogP contribution in [-0.2, 0) is 10.0 Å². The first kappa shape index (κ1) is 17.9. The van der Waals surface area contributed by atoms with Crippen LogP contribution in [0.25, 0.3) is 5.69 Å². The molecule has 3 rings (SSSR count). The van der Waals surface area contributed by atoms with Gasteiger partial charge in [-0.15, -0.1) is 0 Å². The second-order valence-electron chi connectivity index (χ2n) is 5.15. The van der Waals surface area contributed by atoms with Crippen molar-refractivity contribution in [2.75, 3.05) is 4.72 Å². The third kappa shape index (κ3) is 3.53. The lowest BCUT2D eigenvalue weighted by molar-refractivity contribution is 0.0690. The van der Waals surface area contributed by atoms with Gasteiger partial charge in [-0.1, -0.05) is 23.7 Å². The minimum atomic E-state index is -4.19. The molecule has 0 aliphatic carbocycles. The van der Waals surface area contributed by atoms with E-state index in [1.54, 1.807) is 18.2 Å². The smallest absolute Gasteiger partial charge is 0.356 e. The van der Waals surface area contributed by atoms with Crippen molar-refractivity contribution in [1.29, 1.82) is 0 Å². The summed E-state index contributed by atoms with van der Waals surface area (Å²) in [6.45, 7) is 0. The molecule has 0 fully saturated rings. The van der Waals surface area contributed by atoms with E-state index in [1.165, 1.54) is 23.0 Å². The van der Waals surface area contributed by atoms with E-state index in [0.717, 1.165) is 18.2 Å². The van der Waals surface area contributed by atoms with Crippen LogP contribution >= 0.6 is 11.6 Å². The van der Waals surface area contributed by atoms with Gasteiger partial charge in [0, 0.05) is 6.20 Å². The maximum absolute atomic E-state index is 13.4. The van der Waals surface area contributed by atoms with E-state index in [9.17, 15) is 17.6 Å². The van der Waals surface area contributed by atoms with Crippen molar-refractivity contribution in [1.82, 2.24) is 9.78 Å². The van der Waals surface area contributed by atoms with Crippen LogP contribution in [0.15, 0.2) is 59.6 Å². The van der Waals surface area contributed by atoms with Crippen molar-refractivity contribution in [3.05, 3.63) is 71.3 Å². The Morgan fingerprint density at radius 3 is 2.62 bits per heavy atom. The van der Waals surface area contributed by atoms with Crippen molar-refractivity contribution in [3.8, 4) is 5.69 Å². The van der Waals surface area contributed by atoms with Crippen LogP contribution in [0.1, 0.15) is 10.5 Å². The van der Waals surface area contributed by atoms with E-state index in [1.807, 2.05) is 0 Å². The fourth-order valence-electron chi connectivity index (χ4n) is 2.21. The number of aromatic nitrogens is 2. The van der Waals surface area contributed by atoms with Crippen LogP contribution < -0.4 is 4.72 Å². The Hall–Kier alpha value is -2.91. The summed E-state index contributed by atoms with van der Waals surface area (Å²) in [4.78, 5) is 10.6. The van der Waals surface area contributed by atoms with E-state index >= 15 is 0 Å². The summed E-state index contributed by atoms with van der Waals surface area (Å²) in [5.74, 6) is -1.96. The third-order valence-corrected chi connectivity index (χ3v) is 5.23. The lowest BCUT2D eigenvalue weighted by Crippen LogP contribution is -2.15. The molecular formula is C16H11ClFN3O4S. The number of hydrogen-bond acceptors (Lipinski definition) is 4. The first-order valence-corrected chi connectivity index (χ1v) is 9.00. The Kier molecular flexibility index (Phi) is 4.66. The van der Waals surface area contributed by atoms with Gasteiger partial charge in [0.25, 0.3) is 10.0 Å². The SMILES string of the molecule is O=C(O)c1ccn(-c2ccccc2NS(=O)(=O)c2cc(F)ccc2Cl)n1. The maximum atomic E-state index is 13.4. The number of carboxylic acids is 1. The van der Waals surface area contributed by atoms with Gasteiger partial charge >= 0.3 is 5.97 Å². The third-order valence-electron chi connectivity index (χ3n) is 3.39. The molecule has 0 saturated carbocycles. The number of para-hydroxylation sites is 2. The number of carboxylic acid groups (broad SMARTS) is 1. The first-order chi connectivity index (χ1) is 12.3. The summed E-state index contributed by atoms with van der Waals surface area (Å²) in [7, 11) is -4.19. The Labute approximate surface area is 152 Å². The monoisotopic (exact) mass is 395 g/mol. The molecule has 3 aromatic rings. The molecule has 7 nitrogen and oxygen atoms in total. The van der Waals surface area contributed by atoms with Crippen molar-refractivity contribution in [2.24, 2.45) is 0 Å². The first-order valence-electron chi connectivity index (χ1n) is 7.14. The molecule has 0 aliphatic rings. The van der Waals surface area contributed by atoms with Gasteiger partial charge in [0.2, 0.25) is 0 Å². The quantitative estimate of drug-likeness (QED) is 0.691. The molecule has 1 heterocycles. The van der Waals surface area contributed by atoms with E-state index in [0.29, 0.717) is 0 Å². The van der Waals surface area contributed by atoms with Gasteiger partial charge in [0.15, 0.2) is 5.69 Å². The number of nitrogens with one attached hydrogen (secondary N) is 1. The fraction of sp³-hybridized carbons (Fsp3) is 0. The number of carbonyl (C=O) groups is 1. The highest BCUT2D eigenvalue weighted by molar-refractivity contribution is 7.92. The maximum Gasteiger partial charge on any atom is 0.356 e. The van der Waals surface area contributed by atoms with Crippen LogP contribution in [0.4, 0.5) is 10.1 Å². The highest BCUT2D eigenvalue weighted by Crippen LogP contribution is 2.27. The number of aromatic carboxylic acids is 1. The van der Waals surface area contributed by atoms with E-state index in [4.69, 9.17) is 16.7 Å². The highest BCUT2D eigenvalue weighted by Gasteiger charge is 2.21. The predicted molar refractivity (Wildman–Crippen MR) is 92.7 cm³/mol. The zero-order chi connectivity index (χ0) is 18.9. The van der Waals surface area contributed by atoms with Gasteiger partial charge < -0.3 is 5.11 Å². The largest absolute Gasteiger partial charge is 0.476 e. The number of sulfonamides is 1. The molecular weight excluding hydrogens is 385 g/mol. The molecule has 0 bridgehead atoms. The minimum Gasteiger partial charge on any atom is -0.476 e. The summed E-state index contributed by atoms with van der Waals surface area (Å²) < 4.78 is 42.1. The summed E-state index contributed by atoms with van der Waals surface area (Å²) >= 11 is 5.87. The van der Waals surface area contributed by atoms with Crippen molar-refractivity contribution in [2.45, 2.75) is 4.90 Å². The van der Waals surface area contributed by atoms with Gasteiger partial charge in [-0.05, 0) is 36.4 Å². The number of halogens is 2. The summed E-state index contributed by atoms with van der Waals surface area (Å²) in [5, 5.41) is 12.7. The molecule has 0 unspecified atom stereocenters.